The number of aromatic nitrogens is 2. The minimum absolute atomic E-state index is 0. The van der Waals surface area contributed by atoms with Gasteiger partial charge in [-0.25, -0.2) is 9.13 Å². The molecule has 0 aliphatic heterocycles. The van der Waals surface area contributed by atoms with Gasteiger partial charge >= 0.3 is 0 Å². The van der Waals surface area contributed by atoms with E-state index in [1.807, 2.05) is 0 Å². The first kappa shape index (κ1) is 9.30. The molecule has 2 heteroatoms. The van der Waals surface area contributed by atoms with Crippen molar-refractivity contribution >= 4 is 0 Å². The molecule has 0 aliphatic rings. The Morgan fingerprint density at radius 1 is 1.33 bits per heavy atom. The van der Waals surface area contributed by atoms with Gasteiger partial charge < -0.3 is 0 Å². The fourth-order valence-electron chi connectivity index (χ4n) is 1.36. The van der Waals surface area contributed by atoms with Crippen LogP contribution in [0.2, 0.25) is 0 Å². The Hall–Kier alpha value is -0.790. The zero-order chi connectivity index (χ0) is 8.81. The van der Waals surface area contributed by atoms with Crippen LogP contribution in [0.15, 0.2) is 18.7 Å². The Labute approximate surface area is 76.3 Å². The summed E-state index contributed by atoms with van der Waals surface area (Å²) in [7, 11) is 2.06. The summed E-state index contributed by atoms with van der Waals surface area (Å²) in [6.45, 7) is 3.41. The van der Waals surface area contributed by atoms with E-state index >= 15 is 0 Å². The largest absolute Gasteiger partial charge is 0.243 e. The van der Waals surface area contributed by atoms with Crippen LogP contribution in [0.25, 0.3) is 0 Å². The van der Waals surface area contributed by atoms with Gasteiger partial charge in [-0.15, -0.1) is 0 Å². The van der Waals surface area contributed by atoms with Crippen LogP contribution in [-0.4, -0.2) is 4.57 Å². The Balaban J connectivity index is 0.00000144. The third kappa shape index (κ3) is 3.07. The Morgan fingerprint density at radius 2 is 2.17 bits per heavy atom. The predicted octanol–water partition coefficient (Wildman–Crippen LogP) is 2.14. The van der Waals surface area contributed by atoms with Gasteiger partial charge in [0.1, 0.15) is 12.4 Å². The molecule has 12 heavy (non-hydrogen) atoms. The molecule has 0 saturated heterocycles. The van der Waals surface area contributed by atoms with Crippen LogP contribution in [0.4, 0.5) is 0 Å². The van der Waals surface area contributed by atoms with Crippen molar-refractivity contribution in [3.8, 4) is 0 Å². The van der Waals surface area contributed by atoms with E-state index in [1.54, 1.807) is 0 Å². The lowest BCUT2D eigenvalue weighted by Crippen LogP contribution is -2.23. The Bertz CT molecular complexity index is 220. The topological polar surface area (TPSA) is 8.81 Å². The summed E-state index contributed by atoms with van der Waals surface area (Å²) < 4.78 is 4.33. The van der Waals surface area contributed by atoms with Gasteiger partial charge in [0.2, 0.25) is 6.33 Å². The first-order valence-corrected chi connectivity index (χ1v) is 4.84. The number of rotatable bonds is 5. The molecule has 0 unspecified atom stereocenters. The maximum absolute atomic E-state index is 2.25. The van der Waals surface area contributed by atoms with Gasteiger partial charge in [0.05, 0.1) is 13.6 Å². The second-order valence-corrected chi connectivity index (χ2v) is 3.38. The van der Waals surface area contributed by atoms with Crippen molar-refractivity contribution < 1.29 is 5.99 Å². The number of unbranched alkanes of at least 4 members (excludes halogenated alkanes) is 3. The van der Waals surface area contributed by atoms with Crippen LogP contribution in [0.3, 0.4) is 0 Å². The van der Waals surface area contributed by atoms with Crippen LogP contribution in [0.5, 0.6) is 0 Å². The molecule has 0 aromatic carbocycles. The average molecular weight is 169 g/mol. The van der Waals surface area contributed by atoms with Crippen molar-refractivity contribution in [1.29, 1.82) is 0 Å². The molecule has 1 heterocycles. The molecule has 0 amide bonds. The molecular weight excluding hydrogens is 148 g/mol. The highest BCUT2D eigenvalue weighted by atomic mass is 15.1. The lowest BCUT2D eigenvalue weighted by molar-refractivity contribution is -0.671. The summed E-state index contributed by atoms with van der Waals surface area (Å²) in [4.78, 5) is 0. The lowest BCUT2D eigenvalue weighted by Gasteiger charge is -1.95. The molecule has 0 spiro atoms. The zero-order valence-electron chi connectivity index (χ0n) is 8.16. The first-order chi connectivity index (χ1) is 5.83. The average Bonchev–Trinajstić information content (AvgIpc) is 2.45. The van der Waals surface area contributed by atoms with E-state index < -0.39 is 0 Å². The van der Waals surface area contributed by atoms with Crippen LogP contribution in [0, 0.1) is 0 Å². The standard InChI is InChI=1S/C10H19N2.H2/c1-3-4-5-6-7-12-9-8-11(2)10-12;/h8-10H,3-7H2,1-2H3;1H/q+1;. The fourth-order valence-corrected chi connectivity index (χ4v) is 1.36. The minimum Gasteiger partial charge on any atom is -0.240 e. The van der Waals surface area contributed by atoms with Crippen molar-refractivity contribution in [1.82, 2.24) is 4.57 Å². The summed E-state index contributed by atoms with van der Waals surface area (Å²) in [6, 6.07) is 0. The van der Waals surface area contributed by atoms with Gasteiger partial charge in [0.15, 0.2) is 0 Å². The molecule has 70 valence electrons. The highest BCUT2D eigenvalue weighted by Crippen LogP contribution is 2.00. The zero-order valence-corrected chi connectivity index (χ0v) is 8.16. The van der Waals surface area contributed by atoms with Gasteiger partial charge in [-0.05, 0) is 12.8 Å². The van der Waals surface area contributed by atoms with E-state index in [0.29, 0.717) is 0 Å². The number of hydrogen-bond donors (Lipinski definition) is 0. The minimum atomic E-state index is 0. The van der Waals surface area contributed by atoms with E-state index in [9.17, 15) is 0 Å². The SMILES string of the molecule is CCCCCCn1cc[n+](C)c1.[HH]. The van der Waals surface area contributed by atoms with E-state index in [2.05, 4.69) is 41.8 Å². The molecule has 0 radical (unpaired) electrons. The molecule has 0 bridgehead atoms. The Morgan fingerprint density at radius 3 is 2.75 bits per heavy atom. The van der Waals surface area contributed by atoms with Crippen LogP contribution in [0.1, 0.15) is 34.0 Å². The third-order valence-corrected chi connectivity index (χ3v) is 2.09. The first-order valence-electron chi connectivity index (χ1n) is 4.84. The normalized spacial score (nSPS) is 10.5. The molecule has 0 aliphatic carbocycles. The molecule has 1 aromatic heterocycles. The van der Waals surface area contributed by atoms with Crippen molar-refractivity contribution in [2.75, 3.05) is 0 Å². The van der Waals surface area contributed by atoms with E-state index in [1.165, 1.54) is 32.2 Å². The smallest absolute Gasteiger partial charge is 0.240 e. The highest BCUT2D eigenvalue weighted by molar-refractivity contribution is 4.65. The highest BCUT2D eigenvalue weighted by Gasteiger charge is 1.97. The summed E-state index contributed by atoms with van der Waals surface area (Å²) in [5.41, 5.74) is 0. The third-order valence-electron chi connectivity index (χ3n) is 2.09. The van der Waals surface area contributed by atoms with Gasteiger partial charge in [0, 0.05) is 1.43 Å². The summed E-state index contributed by atoms with van der Waals surface area (Å²) in [5, 5.41) is 0. The second-order valence-electron chi connectivity index (χ2n) is 3.38. The van der Waals surface area contributed by atoms with Crippen molar-refractivity contribution in [3.63, 3.8) is 0 Å². The van der Waals surface area contributed by atoms with Crippen molar-refractivity contribution in [2.45, 2.75) is 39.2 Å². The van der Waals surface area contributed by atoms with E-state index in [4.69, 9.17) is 0 Å². The molecule has 1 rings (SSSR count). The number of imidazole rings is 1. The number of hydrogen-bond acceptors (Lipinski definition) is 0. The predicted molar refractivity (Wildman–Crippen MR) is 51.9 cm³/mol. The van der Waals surface area contributed by atoms with Crippen LogP contribution in [-0.2, 0) is 13.6 Å². The summed E-state index contributed by atoms with van der Waals surface area (Å²) in [6.07, 6.45) is 11.7. The lowest BCUT2D eigenvalue weighted by atomic mass is 10.2. The fraction of sp³-hybridized carbons (Fsp3) is 0.700. The molecule has 0 saturated carbocycles. The molecule has 2 nitrogen and oxygen atoms in total. The Kier molecular flexibility index (Phi) is 3.85. The molecule has 0 fully saturated rings. The summed E-state index contributed by atoms with van der Waals surface area (Å²) in [5.74, 6) is 0. The molecule has 0 N–H and O–H groups in total. The van der Waals surface area contributed by atoms with Gasteiger partial charge in [-0.3, -0.25) is 0 Å². The maximum atomic E-state index is 2.25. The van der Waals surface area contributed by atoms with Gasteiger partial charge in [0.25, 0.3) is 0 Å². The number of aryl methyl sites for hydroxylation is 2. The van der Waals surface area contributed by atoms with Crippen LogP contribution >= 0.6 is 0 Å². The number of nitrogens with zero attached hydrogens (tertiary/aromatic N) is 2. The second kappa shape index (κ2) is 4.96. The quantitative estimate of drug-likeness (QED) is 0.472. The maximum Gasteiger partial charge on any atom is 0.243 e. The van der Waals surface area contributed by atoms with E-state index in [-0.39, 0.29) is 1.43 Å². The van der Waals surface area contributed by atoms with Gasteiger partial charge in [-0.2, -0.15) is 0 Å². The van der Waals surface area contributed by atoms with Crippen molar-refractivity contribution in [2.24, 2.45) is 7.05 Å². The summed E-state index contributed by atoms with van der Waals surface area (Å²) >= 11 is 0. The molecular formula is C10H21N2+. The van der Waals surface area contributed by atoms with Crippen molar-refractivity contribution in [3.05, 3.63) is 18.7 Å². The van der Waals surface area contributed by atoms with Crippen LogP contribution < -0.4 is 4.57 Å². The molecule has 0 atom stereocenters. The van der Waals surface area contributed by atoms with E-state index in [0.717, 1.165) is 0 Å². The monoisotopic (exact) mass is 169 g/mol. The van der Waals surface area contributed by atoms with Gasteiger partial charge in [-0.1, -0.05) is 19.8 Å². The molecule has 1 aromatic rings.